The lowest BCUT2D eigenvalue weighted by molar-refractivity contribution is 0.183. The maximum atomic E-state index is 6.34. The molecule has 0 aromatic heterocycles. The standard InChI is InChI=1S/C15H33N3OSi/c1-15(2,3)20(5,6)19-11-12-7-9-13(10-8-12)18-14(16)17-4/h12-13H,7-11H2,1-6H3,(H3,16,17,18). The zero-order chi connectivity index (χ0) is 15.4. The molecule has 0 bridgehead atoms. The van der Waals surface area contributed by atoms with Gasteiger partial charge < -0.3 is 15.5 Å². The second-order valence-corrected chi connectivity index (χ2v) is 12.4. The van der Waals surface area contributed by atoms with Gasteiger partial charge in [-0.2, -0.15) is 0 Å². The van der Waals surface area contributed by atoms with Crippen LogP contribution in [0, 0.1) is 5.92 Å². The molecule has 0 spiro atoms. The van der Waals surface area contributed by atoms with Crippen molar-refractivity contribution in [3.05, 3.63) is 0 Å². The van der Waals surface area contributed by atoms with E-state index in [1.54, 1.807) is 7.05 Å². The summed E-state index contributed by atoms with van der Waals surface area (Å²) >= 11 is 0. The summed E-state index contributed by atoms with van der Waals surface area (Å²) in [5, 5.41) is 3.58. The lowest BCUT2D eigenvalue weighted by Crippen LogP contribution is -2.44. The van der Waals surface area contributed by atoms with Crippen LogP contribution in [-0.4, -0.2) is 34.0 Å². The second kappa shape index (κ2) is 6.94. The number of aliphatic imine (C=N–C) groups is 1. The molecule has 0 unspecified atom stereocenters. The highest BCUT2D eigenvalue weighted by molar-refractivity contribution is 6.74. The van der Waals surface area contributed by atoms with E-state index in [2.05, 4.69) is 44.2 Å². The molecule has 20 heavy (non-hydrogen) atoms. The van der Waals surface area contributed by atoms with Gasteiger partial charge in [0.05, 0.1) is 0 Å². The first-order chi connectivity index (χ1) is 9.15. The van der Waals surface area contributed by atoms with Crippen LogP contribution in [0.4, 0.5) is 0 Å². The van der Waals surface area contributed by atoms with Crippen molar-refractivity contribution >= 4 is 14.3 Å². The van der Waals surface area contributed by atoms with Crippen LogP contribution < -0.4 is 11.1 Å². The fourth-order valence-corrected chi connectivity index (χ4v) is 3.38. The Balaban J connectivity index is 2.33. The first-order valence-corrected chi connectivity index (χ1v) is 10.7. The van der Waals surface area contributed by atoms with E-state index >= 15 is 0 Å². The number of rotatable bonds is 4. The summed E-state index contributed by atoms with van der Waals surface area (Å²) in [6.07, 6.45) is 4.79. The summed E-state index contributed by atoms with van der Waals surface area (Å²) in [4.78, 5) is 3.96. The predicted molar refractivity (Wildman–Crippen MR) is 89.6 cm³/mol. The van der Waals surface area contributed by atoms with Crippen LogP contribution in [0.15, 0.2) is 4.99 Å². The second-order valence-electron chi connectivity index (χ2n) is 7.54. The highest BCUT2D eigenvalue weighted by Crippen LogP contribution is 2.37. The molecule has 0 aromatic rings. The van der Waals surface area contributed by atoms with E-state index < -0.39 is 8.32 Å². The molecule has 0 amide bonds. The minimum absolute atomic E-state index is 0.303. The number of hydrogen-bond donors (Lipinski definition) is 2. The Morgan fingerprint density at radius 1 is 1.25 bits per heavy atom. The van der Waals surface area contributed by atoms with Gasteiger partial charge in [-0.3, -0.25) is 4.99 Å². The SMILES string of the molecule is CN=C(N)NC1CCC(CO[Si](C)(C)C(C)(C)C)CC1. The summed E-state index contributed by atoms with van der Waals surface area (Å²) in [7, 11) is 0.131. The molecule has 1 fully saturated rings. The third-order valence-electron chi connectivity index (χ3n) is 4.93. The van der Waals surface area contributed by atoms with Gasteiger partial charge >= 0.3 is 0 Å². The van der Waals surface area contributed by atoms with E-state index in [9.17, 15) is 0 Å². The molecule has 1 aliphatic rings. The molecule has 1 aliphatic carbocycles. The Morgan fingerprint density at radius 2 is 1.80 bits per heavy atom. The molecule has 1 saturated carbocycles. The number of nitrogens with zero attached hydrogens (tertiary/aromatic N) is 1. The fraction of sp³-hybridized carbons (Fsp3) is 0.933. The van der Waals surface area contributed by atoms with Crippen LogP contribution in [0.2, 0.25) is 18.1 Å². The van der Waals surface area contributed by atoms with Gasteiger partial charge in [-0.15, -0.1) is 0 Å². The van der Waals surface area contributed by atoms with Gasteiger partial charge in [0.25, 0.3) is 0 Å². The fourth-order valence-electron chi connectivity index (χ4n) is 2.29. The van der Waals surface area contributed by atoms with E-state index in [1.165, 1.54) is 25.7 Å². The minimum atomic E-state index is -1.59. The van der Waals surface area contributed by atoms with Crippen molar-refractivity contribution < 1.29 is 4.43 Å². The molecular formula is C15H33N3OSi. The molecule has 1 rings (SSSR count). The molecule has 3 N–H and O–H groups in total. The molecule has 118 valence electrons. The Labute approximate surface area is 125 Å². The van der Waals surface area contributed by atoms with Gasteiger partial charge in [-0.05, 0) is 49.7 Å². The lowest BCUT2D eigenvalue weighted by atomic mass is 9.87. The first-order valence-electron chi connectivity index (χ1n) is 7.78. The van der Waals surface area contributed by atoms with E-state index in [1.807, 2.05) is 0 Å². The molecule has 4 nitrogen and oxygen atoms in total. The van der Waals surface area contributed by atoms with Gasteiger partial charge in [-0.25, -0.2) is 0 Å². The first kappa shape index (κ1) is 17.5. The number of guanidine groups is 1. The largest absolute Gasteiger partial charge is 0.417 e. The molecule has 5 heteroatoms. The quantitative estimate of drug-likeness (QED) is 0.476. The average Bonchev–Trinajstić information content (AvgIpc) is 2.36. The molecule has 0 saturated heterocycles. The summed E-state index contributed by atoms with van der Waals surface area (Å²) in [5.74, 6) is 1.27. The summed E-state index contributed by atoms with van der Waals surface area (Å²) in [6, 6.07) is 0.489. The van der Waals surface area contributed by atoms with E-state index in [-0.39, 0.29) is 0 Å². The molecule has 0 radical (unpaired) electrons. The highest BCUT2D eigenvalue weighted by atomic mass is 28.4. The van der Waals surface area contributed by atoms with E-state index in [4.69, 9.17) is 10.2 Å². The van der Waals surface area contributed by atoms with Gasteiger partial charge in [0.15, 0.2) is 14.3 Å². The van der Waals surface area contributed by atoms with Gasteiger partial charge in [0.1, 0.15) is 0 Å². The Kier molecular flexibility index (Phi) is 6.07. The molecule has 0 heterocycles. The van der Waals surface area contributed by atoms with Gasteiger partial charge in [0.2, 0.25) is 0 Å². The van der Waals surface area contributed by atoms with Crippen molar-refractivity contribution in [2.45, 2.75) is 70.6 Å². The topological polar surface area (TPSA) is 59.6 Å². The molecule has 0 atom stereocenters. The maximum absolute atomic E-state index is 6.34. The highest BCUT2D eigenvalue weighted by Gasteiger charge is 2.37. The predicted octanol–water partition coefficient (Wildman–Crippen LogP) is 3.10. The zero-order valence-corrected chi connectivity index (χ0v) is 15.1. The monoisotopic (exact) mass is 299 g/mol. The smallest absolute Gasteiger partial charge is 0.191 e. The third kappa shape index (κ3) is 5.09. The summed E-state index contributed by atoms with van der Waals surface area (Å²) < 4.78 is 6.34. The summed E-state index contributed by atoms with van der Waals surface area (Å²) in [5.41, 5.74) is 5.72. The van der Waals surface area contributed by atoms with Crippen LogP contribution >= 0.6 is 0 Å². The van der Waals surface area contributed by atoms with Crippen molar-refractivity contribution in [2.75, 3.05) is 13.7 Å². The van der Waals surface area contributed by atoms with Crippen LogP contribution in [0.5, 0.6) is 0 Å². The Bertz CT molecular complexity index is 329. The normalized spacial score (nSPS) is 25.6. The average molecular weight is 300 g/mol. The van der Waals surface area contributed by atoms with Crippen molar-refractivity contribution in [1.82, 2.24) is 5.32 Å². The van der Waals surface area contributed by atoms with Crippen LogP contribution in [0.3, 0.4) is 0 Å². The third-order valence-corrected chi connectivity index (χ3v) is 9.43. The van der Waals surface area contributed by atoms with E-state index in [0.717, 1.165) is 6.61 Å². The van der Waals surface area contributed by atoms with Gasteiger partial charge in [0, 0.05) is 19.7 Å². The van der Waals surface area contributed by atoms with Crippen LogP contribution in [0.1, 0.15) is 46.5 Å². The number of hydrogen-bond acceptors (Lipinski definition) is 2. The molecule has 0 aliphatic heterocycles. The number of nitrogens with one attached hydrogen (secondary N) is 1. The zero-order valence-electron chi connectivity index (χ0n) is 14.1. The molecule has 0 aromatic carbocycles. The van der Waals surface area contributed by atoms with Crippen molar-refractivity contribution in [2.24, 2.45) is 16.6 Å². The Hall–Kier alpha value is -0.553. The minimum Gasteiger partial charge on any atom is -0.417 e. The van der Waals surface area contributed by atoms with Crippen molar-refractivity contribution in [1.29, 1.82) is 0 Å². The maximum Gasteiger partial charge on any atom is 0.191 e. The van der Waals surface area contributed by atoms with E-state index in [0.29, 0.717) is 23.0 Å². The van der Waals surface area contributed by atoms with Crippen LogP contribution in [0.25, 0.3) is 0 Å². The van der Waals surface area contributed by atoms with Crippen molar-refractivity contribution in [3.8, 4) is 0 Å². The Morgan fingerprint density at radius 3 is 2.25 bits per heavy atom. The van der Waals surface area contributed by atoms with Gasteiger partial charge in [-0.1, -0.05) is 20.8 Å². The van der Waals surface area contributed by atoms with Crippen molar-refractivity contribution in [3.63, 3.8) is 0 Å². The molecular weight excluding hydrogens is 266 g/mol. The lowest BCUT2D eigenvalue weighted by Gasteiger charge is -2.38. The van der Waals surface area contributed by atoms with Crippen LogP contribution in [-0.2, 0) is 4.43 Å². The summed E-state index contributed by atoms with van der Waals surface area (Å²) in [6.45, 7) is 12.5. The number of nitrogens with two attached hydrogens (primary N) is 1.